The van der Waals surface area contributed by atoms with Gasteiger partial charge in [-0.25, -0.2) is 9.97 Å². The summed E-state index contributed by atoms with van der Waals surface area (Å²) < 4.78 is 0. The Labute approximate surface area is 104 Å². The number of rotatable bonds is 2. The molecule has 0 bridgehead atoms. The molecule has 0 atom stereocenters. The molecule has 0 radical (unpaired) electrons. The molecule has 16 heavy (non-hydrogen) atoms. The van der Waals surface area contributed by atoms with Gasteiger partial charge in [0.05, 0.1) is 0 Å². The Morgan fingerprint density at radius 3 is 2.88 bits per heavy atom. The Bertz CT molecular complexity index is 531. The van der Waals surface area contributed by atoms with E-state index in [0.29, 0.717) is 11.1 Å². The van der Waals surface area contributed by atoms with Crippen molar-refractivity contribution in [2.24, 2.45) is 0 Å². The zero-order chi connectivity index (χ0) is 11.1. The van der Waals surface area contributed by atoms with Gasteiger partial charge in [0.2, 0.25) is 0 Å². The van der Waals surface area contributed by atoms with Crippen molar-refractivity contribution in [1.29, 1.82) is 0 Å². The van der Waals surface area contributed by atoms with Crippen LogP contribution in [0.1, 0.15) is 42.8 Å². The van der Waals surface area contributed by atoms with Crippen LogP contribution in [0.15, 0.2) is 6.07 Å². The maximum atomic E-state index is 6.21. The van der Waals surface area contributed by atoms with Crippen LogP contribution in [0.2, 0.25) is 5.15 Å². The number of aromatic nitrogens is 2. The highest BCUT2D eigenvalue weighted by molar-refractivity contribution is 7.18. The number of nitrogens with zero attached hydrogens (tertiary/aromatic N) is 2. The first-order valence-electron chi connectivity index (χ1n) is 5.73. The largest absolute Gasteiger partial charge is 0.222 e. The van der Waals surface area contributed by atoms with E-state index in [-0.39, 0.29) is 0 Å². The first kappa shape index (κ1) is 10.5. The normalized spacial score (nSPS) is 16.6. The summed E-state index contributed by atoms with van der Waals surface area (Å²) in [6, 6.07) is 2.12. The highest BCUT2D eigenvalue weighted by Crippen LogP contribution is 2.37. The molecule has 2 heterocycles. The van der Waals surface area contributed by atoms with E-state index in [1.807, 2.05) is 0 Å². The van der Waals surface area contributed by atoms with Crippen molar-refractivity contribution in [3.8, 4) is 0 Å². The molecule has 0 unspecified atom stereocenters. The molecule has 2 nitrogen and oxygen atoms in total. The molecule has 0 aliphatic heterocycles. The maximum Gasteiger partial charge on any atom is 0.141 e. The molecule has 1 aliphatic rings. The molecule has 1 saturated carbocycles. The average Bonchev–Trinajstić information content (AvgIpc) is 2.58. The van der Waals surface area contributed by atoms with Crippen molar-refractivity contribution in [1.82, 2.24) is 9.97 Å². The molecule has 3 rings (SSSR count). The van der Waals surface area contributed by atoms with E-state index in [9.17, 15) is 0 Å². The highest BCUT2D eigenvalue weighted by atomic mass is 35.5. The van der Waals surface area contributed by atoms with Gasteiger partial charge in [-0.1, -0.05) is 24.9 Å². The number of fused-ring (bicyclic) bond motifs is 1. The lowest BCUT2D eigenvalue weighted by Crippen LogP contribution is -2.12. The quantitative estimate of drug-likeness (QED) is 0.750. The second-order valence-electron chi connectivity index (χ2n) is 4.29. The van der Waals surface area contributed by atoms with Crippen molar-refractivity contribution in [3.05, 3.63) is 21.9 Å². The van der Waals surface area contributed by atoms with Crippen molar-refractivity contribution >= 4 is 33.2 Å². The predicted molar refractivity (Wildman–Crippen MR) is 68.4 cm³/mol. The summed E-state index contributed by atoms with van der Waals surface area (Å²) in [6.07, 6.45) is 4.77. The first-order chi connectivity index (χ1) is 7.78. The molecule has 2 aromatic rings. The van der Waals surface area contributed by atoms with Crippen LogP contribution in [0.5, 0.6) is 0 Å². The van der Waals surface area contributed by atoms with Crippen LogP contribution in [-0.2, 0) is 6.42 Å². The van der Waals surface area contributed by atoms with Crippen molar-refractivity contribution in [2.75, 3.05) is 0 Å². The number of hydrogen-bond donors (Lipinski definition) is 0. The van der Waals surface area contributed by atoms with Gasteiger partial charge in [-0.3, -0.25) is 0 Å². The molecule has 1 aliphatic carbocycles. The Morgan fingerprint density at radius 2 is 2.25 bits per heavy atom. The second kappa shape index (κ2) is 3.97. The Hall–Kier alpha value is -0.670. The standard InChI is InChI=1S/C12H13ClN2S/c1-2-8-6-9-10(13)14-11(7-4-3-5-7)15-12(9)16-8/h6-7H,2-5H2,1H3. The summed E-state index contributed by atoms with van der Waals surface area (Å²) in [5.41, 5.74) is 0. The molecule has 0 saturated heterocycles. The first-order valence-corrected chi connectivity index (χ1v) is 6.93. The van der Waals surface area contributed by atoms with Gasteiger partial charge in [-0.15, -0.1) is 11.3 Å². The maximum absolute atomic E-state index is 6.21. The van der Waals surface area contributed by atoms with Gasteiger partial charge in [-0.2, -0.15) is 0 Å². The van der Waals surface area contributed by atoms with E-state index < -0.39 is 0 Å². The van der Waals surface area contributed by atoms with Crippen LogP contribution in [0, 0.1) is 0 Å². The van der Waals surface area contributed by atoms with Gasteiger partial charge in [-0.05, 0) is 25.3 Å². The lowest BCUT2D eigenvalue weighted by atomic mass is 9.85. The van der Waals surface area contributed by atoms with E-state index in [0.717, 1.165) is 22.5 Å². The van der Waals surface area contributed by atoms with Gasteiger partial charge in [0.25, 0.3) is 0 Å². The highest BCUT2D eigenvalue weighted by Gasteiger charge is 2.23. The average molecular weight is 253 g/mol. The summed E-state index contributed by atoms with van der Waals surface area (Å²) in [6.45, 7) is 2.15. The fourth-order valence-electron chi connectivity index (χ4n) is 1.98. The molecular formula is C12H13ClN2S. The van der Waals surface area contributed by atoms with Gasteiger partial charge in [0.1, 0.15) is 15.8 Å². The minimum atomic E-state index is 0.550. The van der Waals surface area contributed by atoms with Gasteiger partial charge >= 0.3 is 0 Å². The van der Waals surface area contributed by atoms with Crippen LogP contribution < -0.4 is 0 Å². The Balaban J connectivity index is 2.12. The third kappa shape index (κ3) is 1.62. The number of halogens is 1. The van der Waals surface area contributed by atoms with Gasteiger partial charge in [0, 0.05) is 16.2 Å². The second-order valence-corrected chi connectivity index (χ2v) is 5.76. The molecule has 2 aromatic heterocycles. The topological polar surface area (TPSA) is 25.8 Å². The number of hydrogen-bond acceptors (Lipinski definition) is 3. The van der Waals surface area contributed by atoms with Gasteiger partial charge in [0.15, 0.2) is 0 Å². The third-order valence-corrected chi connectivity index (χ3v) is 4.69. The summed E-state index contributed by atoms with van der Waals surface area (Å²) >= 11 is 7.96. The van der Waals surface area contributed by atoms with E-state index in [2.05, 4.69) is 23.0 Å². The summed E-state index contributed by atoms with van der Waals surface area (Å²) in [4.78, 5) is 11.5. The smallest absolute Gasteiger partial charge is 0.141 e. The fraction of sp³-hybridized carbons (Fsp3) is 0.500. The van der Waals surface area contributed by atoms with Crippen LogP contribution >= 0.6 is 22.9 Å². The molecule has 0 spiro atoms. The fourth-order valence-corrected chi connectivity index (χ4v) is 3.24. The Kier molecular flexibility index (Phi) is 2.60. The molecule has 0 N–H and O–H groups in total. The van der Waals surface area contributed by atoms with Crippen molar-refractivity contribution < 1.29 is 0 Å². The van der Waals surface area contributed by atoms with Crippen LogP contribution in [0.4, 0.5) is 0 Å². The van der Waals surface area contributed by atoms with E-state index in [4.69, 9.17) is 11.6 Å². The molecule has 1 fully saturated rings. The Morgan fingerprint density at radius 1 is 1.44 bits per heavy atom. The van der Waals surface area contributed by atoms with E-state index in [1.165, 1.54) is 24.1 Å². The van der Waals surface area contributed by atoms with E-state index in [1.54, 1.807) is 11.3 Å². The van der Waals surface area contributed by atoms with E-state index >= 15 is 0 Å². The lowest BCUT2D eigenvalue weighted by molar-refractivity contribution is 0.402. The molecule has 4 heteroatoms. The predicted octanol–water partition coefficient (Wildman–Crippen LogP) is 4.17. The molecule has 0 aromatic carbocycles. The zero-order valence-electron chi connectivity index (χ0n) is 9.16. The molecule has 0 amide bonds. The molecular weight excluding hydrogens is 240 g/mol. The van der Waals surface area contributed by atoms with Crippen LogP contribution in [-0.4, -0.2) is 9.97 Å². The summed E-state index contributed by atoms with van der Waals surface area (Å²) in [7, 11) is 0. The lowest BCUT2D eigenvalue weighted by Gasteiger charge is -2.23. The minimum Gasteiger partial charge on any atom is -0.222 e. The number of thiophene rings is 1. The minimum absolute atomic E-state index is 0.550. The van der Waals surface area contributed by atoms with Gasteiger partial charge < -0.3 is 0 Å². The van der Waals surface area contributed by atoms with Crippen LogP contribution in [0.3, 0.4) is 0 Å². The van der Waals surface area contributed by atoms with Crippen LogP contribution in [0.25, 0.3) is 10.2 Å². The monoisotopic (exact) mass is 252 g/mol. The zero-order valence-corrected chi connectivity index (χ0v) is 10.7. The number of aryl methyl sites for hydroxylation is 1. The summed E-state index contributed by atoms with van der Waals surface area (Å²) in [5, 5.41) is 1.65. The summed E-state index contributed by atoms with van der Waals surface area (Å²) in [5.74, 6) is 1.50. The van der Waals surface area contributed by atoms with Crippen molar-refractivity contribution in [2.45, 2.75) is 38.5 Å². The SMILES string of the molecule is CCc1cc2c(Cl)nc(C3CCC3)nc2s1. The third-order valence-electron chi connectivity index (χ3n) is 3.23. The molecule has 84 valence electrons. The van der Waals surface area contributed by atoms with Crippen molar-refractivity contribution in [3.63, 3.8) is 0 Å².